The summed E-state index contributed by atoms with van der Waals surface area (Å²) in [5.41, 5.74) is 3.54. The second-order valence-corrected chi connectivity index (χ2v) is 8.88. The Kier molecular flexibility index (Phi) is 7.71. The van der Waals surface area contributed by atoms with E-state index in [4.69, 9.17) is 14.6 Å². The van der Waals surface area contributed by atoms with Crippen molar-refractivity contribution in [1.82, 2.24) is 15.0 Å². The summed E-state index contributed by atoms with van der Waals surface area (Å²) in [4.78, 5) is 31.7. The average Bonchev–Trinajstić information content (AvgIpc) is 3.42. The molecule has 0 saturated heterocycles. The molecule has 1 unspecified atom stereocenters. The highest BCUT2D eigenvalue weighted by atomic mass is 32.2. The molecule has 35 heavy (non-hydrogen) atoms. The van der Waals surface area contributed by atoms with Crippen LogP contribution in [0.5, 0.6) is 11.5 Å². The molecular weight excluding hydrogens is 466 g/mol. The fourth-order valence-electron chi connectivity index (χ4n) is 3.64. The molecule has 1 atom stereocenters. The lowest BCUT2D eigenvalue weighted by molar-refractivity contribution is 0.102. The van der Waals surface area contributed by atoms with E-state index in [0.717, 1.165) is 23.3 Å². The molecule has 182 valence electrons. The number of thioether (sulfide) groups is 1. The van der Waals surface area contributed by atoms with E-state index < -0.39 is 0 Å². The summed E-state index contributed by atoms with van der Waals surface area (Å²) in [5.74, 6) is 0.998. The molecule has 4 rings (SSSR count). The number of nitrogens with one attached hydrogen (secondary N) is 2. The topological polar surface area (TPSA) is 109 Å². The minimum atomic E-state index is -0.299. The van der Waals surface area contributed by atoms with Gasteiger partial charge in [0.25, 0.3) is 5.91 Å². The molecule has 1 aromatic heterocycles. The molecule has 0 aliphatic carbocycles. The van der Waals surface area contributed by atoms with Crippen LogP contribution in [0.3, 0.4) is 0 Å². The first-order valence-corrected chi connectivity index (χ1v) is 12.2. The van der Waals surface area contributed by atoms with Gasteiger partial charge in [-0.15, -0.1) is 0 Å². The predicted octanol–water partition coefficient (Wildman–Crippen LogP) is 4.92. The molecular formula is C25H27N5O4S. The van der Waals surface area contributed by atoms with E-state index >= 15 is 0 Å². The van der Waals surface area contributed by atoms with Gasteiger partial charge in [-0.25, -0.2) is 9.99 Å². The highest BCUT2D eigenvalue weighted by Crippen LogP contribution is 2.34. The number of carbonyl (C=O) groups excluding carboxylic acids is 2. The van der Waals surface area contributed by atoms with Crippen molar-refractivity contribution in [2.45, 2.75) is 32.1 Å². The van der Waals surface area contributed by atoms with Crippen LogP contribution in [-0.4, -0.2) is 50.8 Å². The van der Waals surface area contributed by atoms with E-state index in [-0.39, 0.29) is 16.4 Å². The number of amides is 2. The zero-order valence-electron chi connectivity index (χ0n) is 19.8. The summed E-state index contributed by atoms with van der Waals surface area (Å²) in [6, 6.07) is 13.0. The number of carbonyl (C=O) groups is 2. The van der Waals surface area contributed by atoms with Crippen LogP contribution in [0.2, 0.25) is 0 Å². The third kappa shape index (κ3) is 5.65. The lowest BCUT2D eigenvalue weighted by atomic mass is 10.0. The van der Waals surface area contributed by atoms with Gasteiger partial charge in [0.1, 0.15) is 5.69 Å². The van der Waals surface area contributed by atoms with E-state index in [2.05, 4.69) is 15.3 Å². The van der Waals surface area contributed by atoms with Gasteiger partial charge in [0.15, 0.2) is 11.5 Å². The number of rotatable bonds is 9. The van der Waals surface area contributed by atoms with Crippen LogP contribution in [0.4, 0.5) is 10.5 Å². The zero-order chi connectivity index (χ0) is 24.8. The van der Waals surface area contributed by atoms with Gasteiger partial charge in [-0.2, -0.15) is 5.10 Å². The lowest BCUT2D eigenvalue weighted by Gasteiger charge is -2.28. The number of aromatic amines is 1. The minimum Gasteiger partial charge on any atom is -0.493 e. The monoisotopic (exact) mass is 493 g/mol. The number of benzene rings is 2. The molecule has 2 aromatic carbocycles. The van der Waals surface area contributed by atoms with Crippen molar-refractivity contribution >= 4 is 34.3 Å². The number of imidazole rings is 1. The number of hydrazone groups is 1. The molecule has 3 aromatic rings. The standard InChI is InChI=1S/C25H27N5O4S/c1-4-22-23(17-8-11-20(34-5-2)21(12-17)33-3)29-30(25(32)35-22)14-16-6-9-18(10-7-16)28-24(31)19-13-26-15-27-19/h6-13,15,22H,4-5,14H2,1-3H3,(H,26,27)(H,28,31). The largest absolute Gasteiger partial charge is 0.493 e. The van der Waals surface area contributed by atoms with E-state index in [1.807, 2.05) is 44.2 Å². The molecule has 10 heteroatoms. The number of ether oxygens (including phenoxy) is 2. The van der Waals surface area contributed by atoms with Crippen LogP contribution >= 0.6 is 11.8 Å². The molecule has 2 amide bonds. The normalized spacial score (nSPS) is 15.5. The van der Waals surface area contributed by atoms with Gasteiger partial charge in [0.2, 0.25) is 0 Å². The molecule has 2 N–H and O–H groups in total. The van der Waals surface area contributed by atoms with Gasteiger partial charge in [-0.05, 0) is 49.2 Å². The lowest BCUT2D eigenvalue weighted by Crippen LogP contribution is -2.34. The first-order chi connectivity index (χ1) is 17.0. The van der Waals surface area contributed by atoms with Crippen LogP contribution in [0.25, 0.3) is 0 Å². The smallest absolute Gasteiger partial charge is 0.302 e. The maximum atomic E-state index is 12.8. The Hall–Kier alpha value is -3.79. The Morgan fingerprint density at radius 1 is 1.17 bits per heavy atom. The summed E-state index contributed by atoms with van der Waals surface area (Å²) < 4.78 is 11.1. The maximum Gasteiger partial charge on any atom is 0.302 e. The van der Waals surface area contributed by atoms with E-state index in [1.165, 1.54) is 29.3 Å². The zero-order valence-corrected chi connectivity index (χ0v) is 20.6. The summed E-state index contributed by atoms with van der Waals surface area (Å²) in [6.45, 7) is 4.81. The molecule has 0 fully saturated rings. The molecule has 0 saturated carbocycles. The molecule has 1 aliphatic rings. The van der Waals surface area contributed by atoms with Crippen molar-refractivity contribution < 1.29 is 19.1 Å². The third-order valence-electron chi connectivity index (χ3n) is 5.39. The number of anilines is 1. The number of H-pyrrole nitrogens is 1. The van der Waals surface area contributed by atoms with Gasteiger partial charge in [0, 0.05) is 17.4 Å². The quantitative estimate of drug-likeness (QED) is 0.438. The second kappa shape index (κ2) is 11.1. The molecule has 1 aliphatic heterocycles. The van der Waals surface area contributed by atoms with Crippen molar-refractivity contribution in [2.75, 3.05) is 19.0 Å². The Morgan fingerprint density at radius 2 is 1.97 bits per heavy atom. The van der Waals surface area contributed by atoms with Crippen molar-refractivity contribution in [3.05, 3.63) is 71.8 Å². The van der Waals surface area contributed by atoms with Gasteiger partial charge in [0.05, 0.1) is 37.6 Å². The first kappa shape index (κ1) is 24.3. The third-order valence-corrected chi connectivity index (χ3v) is 6.65. The summed E-state index contributed by atoms with van der Waals surface area (Å²) in [6.07, 6.45) is 3.75. The molecule has 0 radical (unpaired) electrons. The van der Waals surface area contributed by atoms with Crippen LogP contribution < -0.4 is 14.8 Å². The van der Waals surface area contributed by atoms with Gasteiger partial charge in [-0.1, -0.05) is 30.8 Å². The molecule has 0 bridgehead atoms. The second-order valence-electron chi connectivity index (χ2n) is 7.73. The van der Waals surface area contributed by atoms with E-state index in [0.29, 0.717) is 36.0 Å². The Labute approximate surface area is 207 Å². The van der Waals surface area contributed by atoms with Crippen LogP contribution in [0, 0.1) is 0 Å². The highest BCUT2D eigenvalue weighted by molar-refractivity contribution is 8.14. The van der Waals surface area contributed by atoms with Crippen molar-refractivity contribution in [3.8, 4) is 11.5 Å². The maximum absolute atomic E-state index is 12.8. The Balaban J connectivity index is 1.52. The van der Waals surface area contributed by atoms with Crippen molar-refractivity contribution in [2.24, 2.45) is 5.10 Å². The predicted molar refractivity (Wildman–Crippen MR) is 136 cm³/mol. The van der Waals surface area contributed by atoms with Gasteiger partial charge in [-0.3, -0.25) is 9.59 Å². The molecule has 9 nitrogen and oxygen atoms in total. The number of aromatic nitrogens is 2. The molecule has 2 heterocycles. The summed E-state index contributed by atoms with van der Waals surface area (Å²) in [7, 11) is 1.60. The van der Waals surface area contributed by atoms with Crippen molar-refractivity contribution in [3.63, 3.8) is 0 Å². The fourth-order valence-corrected chi connectivity index (χ4v) is 4.57. The number of methoxy groups -OCH3 is 1. The van der Waals surface area contributed by atoms with Gasteiger partial charge < -0.3 is 19.8 Å². The van der Waals surface area contributed by atoms with Crippen molar-refractivity contribution in [1.29, 1.82) is 0 Å². The fraction of sp³-hybridized carbons (Fsp3) is 0.280. The Bertz CT molecular complexity index is 1210. The minimum absolute atomic E-state index is 0.0546. The SMILES string of the molecule is CCOc1ccc(C2=NN(Cc3ccc(NC(=O)c4c[nH]cn4)cc3)C(=O)SC2CC)cc1OC. The highest BCUT2D eigenvalue weighted by Gasteiger charge is 2.30. The number of nitrogens with zero attached hydrogens (tertiary/aromatic N) is 3. The first-order valence-electron chi connectivity index (χ1n) is 11.3. The summed E-state index contributed by atoms with van der Waals surface area (Å²) >= 11 is 1.27. The van der Waals surface area contributed by atoms with Crippen LogP contribution in [0.1, 0.15) is 41.9 Å². The summed E-state index contributed by atoms with van der Waals surface area (Å²) in [5, 5.41) is 8.85. The molecule has 0 spiro atoms. The Morgan fingerprint density at radius 3 is 2.63 bits per heavy atom. The van der Waals surface area contributed by atoms with Crippen LogP contribution in [-0.2, 0) is 6.54 Å². The average molecular weight is 494 g/mol. The van der Waals surface area contributed by atoms with Crippen LogP contribution in [0.15, 0.2) is 60.1 Å². The van der Waals surface area contributed by atoms with E-state index in [9.17, 15) is 9.59 Å². The number of hydrogen-bond donors (Lipinski definition) is 2. The van der Waals surface area contributed by atoms with E-state index in [1.54, 1.807) is 19.2 Å². The van der Waals surface area contributed by atoms with Gasteiger partial charge >= 0.3 is 5.24 Å². The number of hydrogen-bond acceptors (Lipinski definition) is 7.